The van der Waals surface area contributed by atoms with Gasteiger partial charge in [0.15, 0.2) is 0 Å². The van der Waals surface area contributed by atoms with E-state index in [1.54, 1.807) is 14.1 Å². The Morgan fingerprint density at radius 3 is 1.84 bits per heavy atom. The van der Waals surface area contributed by atoms with Crippen molar-refractivity contribution in [1.82, 2.24) is 9.88 Å². The second kappa shape index (κ2) is 6.70. The normalized spacial score (nSPS) is 11.2. The Hall–Kier alpha value is -1.37. The van der Waals surface area contributed by atoms with E-state index < -0.39 is 29.2 Å². The molecule has 0 unspecified atom stereocenters. The molecule has 0 fully saturated rings. The largest absolute Gasteiger partial charge is 0.365 e. The molecule has 0 aliphatic heterocycles. The first-order chi connectivity index (χ1) is 8.88. The van der Waals surface area contributed by atoms with E-state index in [4.69, 9.17) is 0 Å². The van der Waals surface area contributed by atoms with Crippen molar-refractivity contribution in [2.24, 2.45) is 0 Å². The molecule has 0 aromatic carbocycles. The van der Waals surface area contributed by atoms with Crippen LogP contribution < -0.4 is 4.90 Å². The molecule has 1 heterocycles. The quantitative estimate of drug-likeness (QED) is 0.589. The van der Waals surface area contributed by atoms with Crippen molar-refractivity contribution >= 4 is 5.69 Å². The smallest absolute Gasteiger partial charge is 0.253 e. The highest BCUT2D eigenvalue weighted by atomic mass is 19.2. The number of aromatic nitrogens is 1. The van der Waals surface area contributed by atoms with E-state index in [9.17, 15) is 17.6 Å². The maximum Gasteiger partial charge on any atom is 0.253 e. The highest BCUT2D eigenvalue weighted by molar-refractivity contribution is 5.48. The Labute approximate surface area is 109 Å². The standard InChI is InChI=1S/C12H17F4N3/c1-4-5-19(7-6-18(2)3)10-8(13)11(15)17-12(16)9(10)14/h4-7H2,1-3H3. The summed E-state index contributed by atoms with van der Waals surface area (Å²) in [6.07, 6.45) is 0.595. The van der Waals surface area contributed by atoms with E-state index in [2.05, 4.69) is 4.98 Å². The molecule has 0 saturated carbocycles. The van der Waals surface area contributed by atoms with Crippen LogP contribution >= 0.6 is 0 Å². The van der Waals surface area contributed by atoms with Crippen molar-refractivity contribution in [3.8, 4) is 0 Å². The summed E-state index contributed by atoms with van der Waals surface area (Å²) in [4.78, 5) is 5.65. The van der Waals surface area contributed by atoms with E-state index in [0.29, 0.717) is 19.5 Å². The topological polar surface area (TPSA) is 19.4 Å². The van der Waals surface area contributed by atoms with Gasteiger partial charge in [-0.1, -0.05) is 6.92 Å². The van der Waals surface area contributed by atoms with E-state index in [-0.39, 0.29) is 6.54 Å². The molecule has 0 atom stereocenters. The number of likely N-dealkylation sites (N-methyl/N-ethyl adjacent to an activating group) is 1. The summed E-state index contributed by atoms with van der Waals surface area (Å²) in [6, 6.07) is 0. The molecule has 19 heavy (non-hydrogen) atoms. The van der Waals surface area contributed by atoms with Gasteiger partial charge in [0.1, 0.15) is 5.69 Å². The van der Waals surface area contributed by atoms with Gasteiger partial charge in [-0.25, -0.2) is 0 Å². The average molecular weight is 279 g/mol. The molecule has 0 radical (unpaired) electrons. The van der Waals surface area contributed by atoms with Gasteiger partial charge in [0, 0.05) is 19.6 Å². The second-order valence-electron chi connectivity index (χ2n) is 4.46. The lowest BCUT2D eigenvalue weighted by Gasteiger charge is -2.26. The van der Waals surface area contributed by atoms with Crippen LogP contribution in [0.25, 0.3) is 0 Å². The maximum atomic E-state index is 13.6. The van der Waals surface area contributed by atoms with Crippen molar-refractivity contribution in [2.75, 3.05) is 38.6 Å². The third-order valence-corrected chi connectivity index (χ3v) is 2.60. The zero-order valence-corrected chi connectivity index (χ0v) is 11.2. The van der Waals surface area contributed by atoms with E-state index in [0.717, 1.165) is 0 Å². The highest BCUT2D eigenvalue weighted by Gasteiger charge is 2.24. The lowest BCUT2D eigenvalue weighted by atomic mass is 10.3. The summed E-state index contributed by atoms with van der Waals surface area (Å²) in [6.45, 7) is 2.87. The van der Waals surface area contributed by atoms with Crippen molar-refractivity contribution in [2.45, 2.75) is 13.3 Å². The van der Waals surface area contributed by atoms with Crippen LogP contribution in [-0.4, -0.2) is 43.6 Å². The molecule has 108 valence electrons. The monoisotopic (exact) mass is 279 g/mol. The van der Waals surface area contributed by atoms with Crippen LogP contribution in [0, 0.1) is 23.5 Å². The van der Waals surface area contributed by atoms with Gasteiger partial charge >= 0.3 is 0 Å². The third-order valence-electron chi connectivity index (χ3n) is 2.60. The van der Waals surface area contributed by atoms with Crippen LogP contribution in [0.5, 0.6) is 0 Å². The number of anilines is 1. The molecular formula is C12H17F4N3. The Balaban J connectivity index is 3.14. The van der Waals surface area contributed by atoms with E-state index in [1.807, 2.05) is 11.8 Å². The zero-order valence-electron chi connectivity index (χ0n) is 11.2. The van der Waals surface area contributed by atoms with Crippen molar-refractivity contribution in [3.05, 3.63) is 23.5 Å². The summed E-state index contributed by atoms with van der Waals surface area (Å²) in [5.74, 6) is -6.16. The van der Waals surface area contributed by atoms with Gasteiger partial charge < -0.3 is 9.80 Å². The number of pyridine rings is 1. The fourth-order valence-corrected chi connectivity index (χ4v) is 1.68. The van der Waals surface area contributed by atoms with Gasteiger partial charge in [-0.05, 0) is 20.5 Å². The minimum atomic E-state index is -1.63. The minimum Gasteiger partial charge on any atom is -0.365 e. The lowest BCUT2D eigenvalue weighted by molar-refractivity contribution is 0.393. The first kappa shape index (κ1) is 15.7. The van der Waals surface area contributed by atoms with Gasteiger partial charge in [-0.2, -0.15) is 22.5 Å². The van der Waals surface area contributed by atoms with Gasteiger partial charge in [0.25, 0.3) is 11.9 Å². The third kappa shape index (κ3) is 3.79. The molecule has 0 aliphatic carbocycles. The summed E-state index contributed by atoms with van der Waals surface area (Å²) in [5, 5.41) is 0. The Morgan fingerprint density at radius 2 is 1.42 bits per heavy atom. The molecule has 3 nitrogen and oxygen atoms in total. The number of hydrogen-bond acceptors (Lipinski definition) is 3. The number of rotatable bonds is 6. The highest BCUT2D eigenvalue weighted by Crippen LogP contribution is 2.26. The summed E-state index contributed by atoms with van der Waals surface area (Å²) in [7, 11) is 3.59. The Kier molecular flexibility index (Phi) is 5.53. The average Bonchev–Trinajstić information content (AvgIpc) is 2.33. The molecule has 0 saturated heterocycles. The summed E-state index contributed by atoms with van der Waals surface area (Å²) >= 11 is 0. The van der Waals surface area contributed by atoms with Gasteiger partial charge in [0.05, 0.1) is 0 Å². The molecule has 0 aliphatic rings. The Bertz CT molecular complexity index is 411. The van der Waals surface area contributed by atoms with E-state index in [1.165, 1.54) is 4.90 Å². The molecule has 0 bridgehead atoms. The fraction of sp³-hybridized carbons (Fsp3) is 0.583. The summed E-state index contributed by atoms with van der Waals surface area (Å²) in [5.41, 5.74) is -0.686. The number of hydrogen-bond donors (Lipinski definition) is 0. The lowest BCUT2D eigenvalue weighted by Crippen LogP contribution is -2.34. The number of nitrogens with zero attached hydrogens (tertiary/aromatic N) is 3. The van der Waals surface area contributed by atoms with Gasteiger partial charge in [-0.15, -0.1) is 0 Å². The molecule has 0 spiro atoms. The summed E-state index contributed by atoms with van der Waals surface area (Å²) < 4.78 is 53.5. The van der Waals surface area contributed by atoms with Crippen LogP contribution in [-0.2, 0) is 0 Å². The van der Waals surface area contributed by atoms with Gasteiger partial charge in [0.2, 0.25) is 11.6 Å². The maximum absolute atomic E-state index is 13.6. The Morgan fingerprint density at radius 1 is 0.895 bits per heavy atom. The predicted molar refractivity (Wildman–Crippen MR) is 65.1 cm³/mol. The van der Waals surface area contributed by atoms with Crippen molar-refractivity contribution in [3.63, 3.8) is 0 Å². The second-order valence-corrected chi connectivity index (χ2v) is 4.46. The van der Waals surface area contributed by atoms with Crippen molar-refractivity contribution in [1.29, 1.82) is 0 Å². The van der Waals surface area contributed by atoms with Crippen LogP contribution in [0.2, 0.25) is 0 Å². The van der Waals surface area contributed by atoms with Crippen LogP contribution in [0.1, 0.15) is 13.3 Å². The molecule has 0 amide bonds. The molecule has 1 aromatic heterocycles. The first-order valence-corrected chi connectivity index (χ1v) is 5.98. The van der Waals surface area contributed by atoms with Crippen LogP contribution in [0.15, 0.2) is 0 Å². The predicted octanol–water partition coefficient (Wildman–Crippen LogP) is 2.42. The molecule has 1 rings (SSSR count). The van der Waals surface area contributed by atoms with Gasteiger partial charge in [-0.3, -0.25) is 0 Å². The van der Waals surface area contributed by atoms with Crippen LogP contribution in [0.4, 0.5) is 23.2 Å². The molecule has 1 aromatic rings. The molecule has 0 N–H and O–H groups in total. The molecule has 7 heteroatoms. The minimum absolute atomic E-state index is 0.261. The first-order valence-electron chi connectivity index (χ1n) is 5.98. The fourth-order valence-electron chi connectivity index (χ4n) is 1.68. The zero-order chi connectivity index (χ0) is 14.6. The van der Waals surface area contributed by atoms with Crippen LogP contribution in [0.3, 0.4) is 0 Å². The van der Waals surface area contributed by atoms with E-state index >= 15 is 0 Å². The number of halogens is 4. The SMILES string of the molecule is CCCN(CCN(C)C)c1c(F)c(F)nc(F)c1F. The molecular weight excluding hydrogens is 262 g/mol. The van der Waals surface area contributed by atoms with Crippen molar-refractivity contribution < 1.29 is 17.6 Å².